The molecular formula is C22H28N4O3. The quantitative estimate of drug-likeness (QED) is 0.658. The predicted octanol–water partition coefficient (Wildman–Crippen LogP) is 2.61. The summed E-state index contributed by atoms with van der Waals surface area (Å²) in [6.45, 7) is 6.80. The summed E-state index contributed by atoms with van der Waals surface area (Å²) in [5, 5.41) is 17.6. The van der Waals surface area contributed by atoms with Crippen LogP contribution in [0.25, 0.3) is 11.0 Å². The van der Waals surface area contributed by atoms with E-state index in [0.717, 1.165) is 67.1 Å². The highest BCUT2D eigenvalue weighted by Gasteiger charge is 2.27. The van der Waals surface area contributed by atoms with E-state index in [1.54, 1.807) is 7.11 Å². The van der Waals surface area contributed by atoms with Gasteiger partial charge >= 0.3 is 0 Å². The normalized spacial score (nSPS) is 18.4. The first-order valence-electron chi connectivity index (χ1n) is 10.1. The fourth-order valence-electron chi connectivity index (χ4n) is 4.24. The van der Waals surface area contributed by atoms with E-state index in [2.05, 4.69) is 45.2 Å². The van der Waals surface area contributed by atoms with Gasteiger partial charge in [0.2, 0.25) is 0 Å². The molecule has 4 rings (SSSR count). The number of rotatable bonds is 7. The molecule has 0 radical (unpaired) electrons. The first-order chi connectivity index (χ1) is 14.2. The van der Waals surface area contributed by atoms with E-state index in [0.29, 0.717) is 6.04 Å². The van der Waals surface area contributed by atoms with Gasteiger partial charge in [0, 0.05) is 45.4 Å². The maximum Gasteiger partial charge on any atom is 0.139 e. The molecule has 154 valence electrons. The lowest BCUT2D eigenvalue weighted by atomic mass is 10.0. The van der Waals surface area contributed by atoms with Crippen LogP contribution in [0.3, 0.4) is 0 Å². The molecule has 0 aliphatic carbocycles. The molecule has 1 saturated heterocycles. The average molecular weight is 396 g/mol. The number of hydrogen-bond donors (Lipinski definition) is 1. The van der Waals surface area contributed by atoms with E-state index < -0.39 is 0 Å². The van der Waals surface area contributed by atoms with Gasteiger partial charge in [-0.15, -0.1) is 0 Å². The summed E-state index contributed by atoms with van der Waals surface area (Å²) < 4.78 is 10.3. The van der Waals surface area contributed by atoms with Gasteiger partial charge in [-0.1, -0.05) is 24.3 Å². The molecule has 0 saturated carbocycles. The van der Waals surface area contributed by atoms with E-state index in [-0.39, 0.29) is 6.61 Å². The van der Waals surface area contributed by atoms with Crippen LogP contribution in [0.1, 0.15) is 23.1 Å². The van der Waals surface area contributed by atoms with Crippen LogP contribution in [-0.2, 0) is 13.1 Å². The van der Waals surface area contributed by atoms with Crippen molar-refractivity contribution in [1.82, 2.24) is 20.1 Å². The number of aromatic nitrogens is 2. The van der Waals surface area contributed by atoms with E-state index in [9.17, 15) is 5.11 Å². The maximum absolute atomic E-state index is 9.61. The highest BCUT2D eigenvalue weighted by molar-refractivity contribution is 5.76. The molecule has 2 heterocycles. The zero-order valence-electron chi connectivity index (χ0n) is 17.0. The molecule has 2 aromatic carbocycles. The van der Waals surface area contributed by atoms with Crippen LogP contribution in [0.2, 0.25) is 0 Å². The highest BCUT2D eigenvalue weighted by Crippen LogP contribution is 2.23. The molecule has 29 heavy (non-hydrogen) atoms. The summed E-state index contributed by atoms with van der Waals surface area (Å²) in [5.41, 5.74) is 5.19. The van der Waals surface area contributed by atoms with Crippen molar-refractivity contribution in [1.29, 1.82) is 0 Å². The van der Waals surface area contributed by atoms with Gasteiger partial charge in [-0.3, -0.25) is 9.80 Å². The minimum atomic E-state index is 0.194. The van der Waals surface area contributed by atoms with Crippen molar-refractivity contribution in [3.05, 3.63) is 53.1 Å². The Kier molecular flexibility index (Phi) is 6.08. The summed E-state index contributed by atoms with van der Waals surface area (Å²) in [6.07, 6.45) is 0.765. The van der Waals surface area contributed by atoms with Crippen molar-refractivity contribution >= 4 is 11.0 Å². The molecule has 0 amide bonds. The van der Waals surface area contributed by atoms with Gasteiger partial charge in [-0.2, -0.15) is 0 Å². The van der Waals surface area contributed by atoms with E-state index in [1.165, 1.54) is 5.56 Å². The Labute approximate surface area is 170 Å². The van der Waals surface area contributed by atoms with Crippen molar-refractivity contribution in [2.75, 3.05) is 33.4 Å². The van der Waals surface area contributed by atoms with Gasteiger partial charge < -0.3 is 9.84 Å². The van der Waals surface area contributed by atoms with Gasteiger partial charge in [-0.05, 0) is 52.5 Å². The van der Waals surface area contributed by atoms with Crippen LogP contribution in [-0.4, -0.2) is 64.6 Å². The third-order valence-electron chi connectivity index (χ3n) is 5.76. The molecular weight excluding hydrogens is 368 g/mol. The lowest BCUT2D eigenvalue weighted by Gasteiger charge is -2.41. The van der Waals surface area contributed by atoms with Crippen LogP contribution < -0.4 is 4.74 Å². The Bertz CT molecular complexity index is 958. The Morgan fingerprint density at radius 3 is 2.86 bits per heavy atom. The maximum atomic E-state index is 9.61. The molecule has 0 bridgehead atoms. The molecule has 0 unspecified atom stereocenters. The smallest absolute Gasteiger partial charge is 0.139 e. The number of aliphatic hydroxyl groups excluding tert-OH is 1. The number of hydrogen-bond acceptors (Lipinski definition) is 7. The van der Waals surface area contributed by atoms with Crippen molar-refractivity contribution in [3.63, 3.8) is 0 Å². The number of ether oxygens (including phenoxy) is 1. The van der Waals surface area contributed by atoms with Crippen molar-refractivity contribution < 1.29 is 14.5 Å². The minimum Gasteiger partial charge on any atom is -0.496 e. The number of benzene rings is 2. The Morgan fingerprint density at radius 1 is 1.17 bits per heavy atom. The Morgan fingerprint density at radius 2 is 2.07 bits per heavy atom. The highest BCUT2D eigenvalue weighted by atomic mass is 16.6. The number of fused-ring (bicyclic) bond motifs is 1. The first-order valence-corrected chi connectivity index (χ1v) is 10.1. The molecule has 1 fully saturated rings. The van der Waals surface area contributed by atoms with Crippen LogP contribution in [0.4, 0.5) is 0 Å². The largest absolute Gasteiger partial charge is 0.496 e. The Balaban J connectivity index is 1.44. The molecule has 7 heteroatoms. The topological polar surface area (TPSA) is 74.9 Å². The van der Waals surface area contributed by atoms with Gasteiger partial charge in [-0.25, -0.2) is 4.63 Å². The molecule has 1 aliphatic heterocycles. The summed E-state index contributed by atoms with van der Waals surface area (Å²) in [4.78, 5) is 4.91. The molecule has 7 nitrogen and oxygen atoms in total. The van der Waals surface area contributed by atoms with E-state index in [4.69, 9.17) is 9.37 Å². The second-order valence-electron chi connectivity index (χ2n) is 7.72. The lowest BCUT2D eigenvalue weighted by Crippen LogP contribution is -2.52. The summed E-state index contributed by atoms with van der Waals surface area (Å²) in [5.74, 6) is 0.919. The second kappa shape index (κ2) is 8.90. The van der Waals surface area contributed by atoms with Gasteiger partial charge in [0.05, 0.1) is 7.11 Å². The first kappa shape index (κ1) is 19.8. The number of nitrogens with zero attached hydrogens (tertiary/aromatic N) is 4. The number of piperazine rings is 1. The molecule has 3 aromatic rings. The number of aliphatic hydroxyl groups is 1. The number of aryl methyl sites for hydroxylation is 1. The van der Waals surface area contributed by atoms with Crippen LogP contribution in [0.15, 0.2) is 41.0 Å². The average Bonchev–Trinajstić information content (AvgIpc) is 3.20. The molecule has 1 aromatic heterocycles. The molecule has 1 atom stereocenters. The monoisotopic (exact) mass is 396 g/mol. The van der Waals surface area contributed by atoms with Crippen molar-refractivity contribution in [2.45, 2.75) is 32.5 Å². The zero-order chi connectivity index (χ0) is 20.2. The third kappa shape index (κ3) is 4.42. The second-order valence-corrected chi connectivity index (χ2v) is 7.72. The molecule has 1 N–H and O–H groups in total. The van der Waals surface area contributed by atoms with E-state index >= 15 is 0 Å². The third-order valence-corrected chi connectivity index (χ3v) is 5.76. The fourth-order valence-corrected chi connectivity index (χ4v) is 4.24. The van der Waals surface area contributed by atoms with Crippen LogP contribution >= 0.6 is 0 Å². The van der Waals surface area contributed by atoms with Gasteiger partial charge in [0.15, 0.2) is 0 Å². The van der Waals surface area contributed by atoms with Gasteiger partial charge in [0.25, 0.3) is 0 Å². The van der Waals surface area contributed by atoms with E-state index in [1.807, 2.05) is 18.2 Å². The lowest BCUT2D eigenvalue weighted by molar-refractivity contribution is 0.0501. The van der Waals surface area contributed by atoms with Crippen molar-refractivity contribution in [2.24, 2.45) is 0 Å². The fraction of sp³-hybridized carbons (Fsp3) is 0.455. The standard InChI is InChI=1S/C22H28N4O3/c1-16-12-17(6-7-21(16)28-2)13-26-10-9-25(15-19(26)8-11-27)14-18-4-3-5-20-22(18)24-29-23-20/h3-7,12,19,27H,8-11,13-15H2,1-2H3/t19-/m0/s1. The summed E-state index contributed by atoms with van der Waals surface area (Å²) in [6, 6.07) is 12.7. The summed E-state index contributed by atoms with van der Waals surface area (Å²) in [7, 11) is 1.70. The SMILES string of the molecule is COc1ccc(CN2CCN(Cc3cccc4nonc34)C[C@@H]2CCO)cc1C. The Hall–Kier alpha value is -2.48. The van der Waals surface area contributed by atoms with Gasteiger partial charge in [0.1, 0.15) is 16.8 Å². The molecule has 0 spiro atoms. The predicted molar refractivity (Wildman–Crippen MR) is 111 cm³/mol. The minimum absolute atomic E-state index is 0.194. The summed E-state index contributed by atoms with van der Waals surface area (Å²) >= 11 is 0. The van der Waals surface area contributed by atoms with Crippen LogP contribution in [0, 0.1) is 6.92 Å². The van der Waals surface area contributed by atoms with Crippen molar-refractivity contribution in [3.8, 4) is 5.75 Å². The molecule has 1 aliphatic rings. The van der Waals surface area contributed by atoms with Crippen LogP contribution in [0.5, 0.6) is 5.75 Å². The zero-order valence-corrected chi connectivity index (χ0v) is 17.0. The number of methoxy groups -OCH3 is 1.